The third-order valence-electron chi connectivity index (χ3n) is 3.74. The fourth-order valence-electron chi connectivity index (χ4n) is 2.67. The van der Waals surface area contributed by atoms with Gasteiger partial charge in [-0.1, -0.05) is 13.8 Å². The molecular weight excluding hydrogens is 270 g/mol. The van der Waals surface area contributed by atoms with Crippen LogP contribution in [0, 0.1) is 11.8 Å². The highest BCUT2D eigenvalue weighted by molar-refractivity contribution is 6.10. The number of rotatable bonds is 5. The summed E-state index contributed by atoms with van der Waals surface area (Å²) >= 11 is 0. The number of amides is 1. The predicted octanol–water partition coefficient (Wildman–Crippen LogP) is 2.25. The number of benzene rings is 1. The quantitative estimate of drug-likeness (QED) is 0.617. The Balaban J connectivity index is 2.27. The lowest BCUT2D eigenvalue weighted by Crippen LogP contribution is -2.66. The molecule has 1 aliphatic heterocycles. The van der Waals surface area contributed by atoms with Crippen molar-refractivity contribution in [2.45, 2.75) is 26.8 Å². The Labute approximate surface area is 124 Å². The van der Waals surface area contributed by atoms with Crippen molar-refractivity contribution >= 4 is 17.6 Å². The topological polar surface area (TPSA) is 55.8 Å². The number of nitrogens with zero attached hydrogens (tertiary/aromatic N) is 1. The molecule has 2 atom stereocenters. The molecule has 114 valence electrons. The van der Waals surface area contributed by atoms with Gasteiger partial charge in [0.2, 0.25) is 5.91 Å². The largest absolute Gasteiger partial charge is 0.497 e. The zero-order valence-electron chi connectivity index (χ0n) is 12.8. The average molecular weight is 291 g/mol. The summed E-state index contributed by atoms with van der Waals surface area (Å²) in [5, 5.41) is 0. The molecule has 21 heavy (non-hydrogen) atoms. The minimum atomic E-state index is -0.536. The normalized spacial score (nSPS) is 21.2. The van der Waals surface area contributed by atoms with E-state index in [1.807, 2.05) is 13.8 Å². The molecular formula is C16H21NO4. The molecule has 1 aromatic carbocycles. The van der Waals surface area contributed by atoms with E-state index in [4.69, 9.17) is 9.47 Å². The van der Waals surface area contributed by atoms with E-state index in [-0.39, 0.29) is 23.7 Å². The highest BCUT2D eigenvalue weighted by Gasteiger charge is 2.54. The van der Waals surface area contributed by atoms with Gasteiger partial charge >= 0.3 is 5.97 Å². The van der Waals surface area contributed by atoms with Gasteiger partial charge in [-0.25, -0.2) is 4.79 Å². The highest BCUT2D eigenvalue weighted by atomic mass is 16.5. The van der Waals surface area contributed by atoms with E-state index in [1.165, 1.54) is 4.90 Å². The molecule has 5 heteroatoms. The number of β-lactam (4-membered cyclic amide) rings is 1. The van der Waals surface area contributed by atoms with E-state index in [0.29, 0.717) is 18.0 Å². The molecule has 2 rings (SSSR count). The minimum absolute atomic E-state index is 0.0341. The van der Waals surface area contributed by atoms with Crippen LogP contribution in [0.25, 0.3) is 0 Å². The monoisotopic (exact) mass is 291 g/mol. The van der Waals surface area contributed by atoms with Gasteiger partial charge in [0.05, 0.1) is 19.6 Å². The van der Waals surface area contributed by atoms with Crippen molar-refractivity contribution in [3.63, 3.8) is 0 Å². The van der Waals surface area contributed by atoms with Crippen LogP contribution in [0.5, 0.6) is 5.75 Å². The van der Waals surface area contributed by atoms with Gasteiger partial charge in [0.15, 0.2) is 0 Å². The number of ether oxygens (including phenoxy) is 2. The standard InChI is InChI=1S/C16H21NO4/c1-5-21-16(19)14-13(10(2)3)15(18)17(14)11-6-8-12(20-4)9-7-11/h6-10,13-14H,5H2,1-4H3/t13-,14+/m0/s1. The van der Waals surface area contributed by atoms with E-state index >= 15 is 0 Å². The fourth-order valence-corrected chi connectivity index (χ4v) is 2.67. The van der Waals surface area contributed by atoms with Crippen molar-refractivity contribution in [2.75, 3.05) is 18.6 Å². The first-order chi connectivity index (χ1) is 10.0. The van der Waals surface area contributed by atoms with Crippen LogP contribution in [0.2, 0.25) is 0 Å². The van der Waals surface area contributed by atoms with Crippen LogP contribution in [0.3, 0.4) is 0 Å². The second-order valence-electron chi connectivity index (χ2n) is 5.37. The number of carbonyl (C=O) groups is 2. The predicted molar refractivity (Wildman–Crippen MR) is 79.2 cm³/mol. The Morgan fingerprint density at radius 3 is 2.38 bits per heavy atom. The number of hydrogen-bond acceptors (Lipinski definition) is 4. The highest BCUT2D eigenvalue weighted by Crippen LogP contribution is 2.38. The molecule has 0 radical (unpaired) electrons. The van der Waals surface area contributed by atoms with Crippen LogP contribution < -0.4 is 9.64 Å². The average Bonchev–Trinajstić information content (AvgIpc) is 2.45. The van der Waals surface area contributed by atoms with Crippen molar-refractivity contribution in [3.8, 4) is 5.75 Å². The number of anilines is 1. The zero-order valence-corrected chi connectivity index (χ0v) is 12.8. The van der Waals surface area contributed by atoms with Crippen LogP contribution in [0.4, 0.5) is 5.69 Å². The Morgan fingerprint density at radius 2 is 1.90 bits per heavy atom. The fraction of sp³-hybridized carbons (Fsp3) is 0.500. The minimum Gasteiger partial charge on any atom is -0.497 e. The van der Waals surface area contributed by atoms with Crippen LogP contribution in [-0.2, 0) is 14.3 Å². The van der Waals surface area contributed by atoms with Gasteiger partial charge in [0.1, 0.15) is 11.8 Å². The summed E-state index contributed by atoms with van der Waals surface area (Å²) in [5.41, 5.74) is 0.691. The zero-order chi connectivity index (χ0) is 15.6. The van der Waals surface area contributed by atoms with Gasteiger partial charge in [-0.05, 0) is 37.1 Å². The van der Waals surface area contributed by atoms with Crippen LogP contribution in [0.1, 0.15) is 20.8 Å². The van der Waals surface area contributed by atoms with E-state index in [2.05, 4.69) is 0 Å². The molecule has 1 heterocycles. The van der Waals surface area contributed by atoms with Crippen molar-refractivity contribution in [3.05, 3.63) is 24.3 Å². The van der Waals surface area contributed by atoms with Crippen molar-refractivity contribution < 1.29 is 19.1 Å². The summed E-state index contributed by atoms with van der Waals surface area (Å²) in [6, 6.07) is 6.56. The third kappa shape index (κ3) is 2.73. The molecule has 1 aliphatic rings. The van der Waals surface area contributed by atoms with Gasteiger partial charge in [0.25, 0.3) is 0 Å². The van der Waals surface area contributed by atoms with E-state index in [9.17, 15) is 9.59 Å². The number of hydrogen-bond donors (Lipinski definition) is 0. The molecule has 0 N–H and O–H groups in total. The summed E-state index contributed by atoms with van der Waals surface area (Å²) < 4.78 is 10.2. The van der Waals surface area contributed by atoms with Crippen LogP contribution in [-0.4, -0.2) is 31.6 Å². The van der Waals surface area contributed by atoms with Crippen molar-refractivity contribution in [1.82, 2.24) is 0 Å². The molecule has 0 bridgehead atoms. The second-order valence-corrected chi connectivity index (χ2v) is 5.37. The summed E-state index contributed by atoms with van der Waals surface area (Å²) in [4.78, 5) is 26.0. The Bertz CT molecular complexity index is 524. The SMILES string of the molecule is CCOC(=O)[C@H]1[C@H](C(C)C)C(=O)N1c1ccc(OC)cc1. The van der Waals surface area contributed by atoms with E-state index < -0.39 is 6.04 Å². The van der Waals surface area contributed by atoms with Gasteiger partial charge in [-0.3, -0.25) is 9.69 Å². The maximum atomic E-state index is 12.4. The van der Waals surface area contributed by atoms with E-state index in [0.717, 1.165) is 0 Å². The van der Waals surface area contributed by atoms with Gasteiger partial charge in [-0.2, -0.15) is 0 Å². The maximum Gasteiger partial charge on any atom is 0.330 e. The summed E-state index contributed by atoms with van der Waals surface area (Å²) in [6.07, 6.45) is 0. The lowest BCUT2D eigenvalue weighted by Gasteiger charge is -2.47. The molecule has 1 amide bonds. The van der Waals surface area contributed by atoms with Gasteiger partial charge in [0, 0.05) is 5.69 Å². The lowest BCUT2D eigenvalue weighted by atomic mass is 9.78. The molecule has 0 saturated carbocycles. The lowest BCUT2D eigenvalue weighted by molar-refractivity contribution is -0.155. The maximum absolute atomic E-state index is 12.4. The van der Waals surface area contributed by atoms with Crippen molar-refractivity contribution in [1.29, 1.82) is 0 Å². The molecule has 1 saturated heterocycles. The molecule has 0 aromatic heterocycles. The van der Waals surface area contributed by atoms with Crippen LogP contribution >= 0.6 is 0 Å². The molecule has 0 unspecified atom stereocenters. The Hall–Kier alpha value is -2.04. The molecule has 1 fully saturated rings. The first-order valence-electron chi connectivity index (χ1n) is 7.15. The number of methoxy groups -OCH3 is 1. The molecule has 0 spiro atoms. The van der Waals surface area contributed by atoms with Gasteiger partial charge in [-0.15, -0.1) is 0 Å². The third-order valence-corrected chi connectivity index (χ3v) is 3.74. The smallest absolute Gasteiger partial charge is 0.330 e. The Morgan fingerprint density at radius 1 is 1.29 bits per heavy atom. The van der Waals surface area contributed by atoms with Crippen LogP contribution in [0.15, 0.2) is 24.3 Å². The molecule has 1 aromatic rings. The second kappa shape index (κ2) is 6.16. The first kappa shape index (κ1) is 15.4. The summed E-state index contributed by atoms with van der Waals surface area (Å²) in [5.74, 6) is 0.118. The number of carbonyl (C=O) groups excluding carboxylic acids is 2. The number of esters is 1. The van der Waals surface area contributed by atoms with Gasteiger partial charge < -0.3 is 9.47 Å². The molecule has 5 nitrogen and oxygen atoms in total. The van der Waals surface area contributed by atoms with Crippen molar-refractivity contribution in [2.24, 2.45) is 11.8 Å². The summed E-state index contributed by atoms with van der Waals surface area (Å²) in [6.45, 7) is 5.96. The summed E-state index contributed by atoms with van der Waals surface area (Å²) in [7, 11) is 1.58. The van der Waals surface area contributed by atoms with E-state index in [1.54, 1.807) is 38.3 Å². The first-order valence-corrected chi connectivity index (χ1v) is 7.15. The Kier molecular flexibility index (Phi) is 4.50. The molecule has 0 aliphatic carbocycles.